The van der Waals surface area contributed by atoms with Crippen LogP contribution in [0.4, 0.5) is 5.69 Å². The van der Waals surface area contributed by atoms with Crippen LogP contribution in [0.15, 0.2) is 58.4 Å². The molecule has 0 saturated carbocycles. The smallest absolute Gasteiger partial charge is 0.264 e. The van der Waals surface area contributed by atoms with Gasteiger partial charge >= 0.3 is 0 Å². The van der Waals surface area contributed by atoms with Gasteiger partial charge < -0.3 is 5.32 Å². The van der Waals surface area contributed by atoms with Gasteiger partial charge in [0.25, 0.3) is 5.91 Å². The predicted octanol–water partition coefficient (Wildman–Crippen LogP) is 4.20. The first kappa shape index (κ1) is 14.6. The molecule has 0 aromatic heterocycles. The first-order valence-corrected chi connectivity index (χ1v) is 7.85. The molecule has 2 aromatic carbocycles. The van der Waals surface area contributed by atoms with Crippen LogP contribution in [0.2, 0.25) is 0 Å². The van der Waals surface area contributed by atoms with Gasteiger partial charge in [0.05, 0.1) is 10.6 Å². The van der Waals surface area contributed by atoms with Crippen molar-refractivity contribution in [1.29, 1.82) is 0 Å². The molecule has 1 aliphatic heterocycles. The van der Waals surface area contributed by atoms with Gasteiger partial charge in [0.15, 0.2) is 5.17 Å². The van der Waals surface area contributed by atoms with Gasteiger partial charge in [-0.25, -0.2) is 4.99 Å². The van der Waals surface area contributed by atoms with E-state index in [0.717, 1.165) is 22.4 Å². The maximum absolute atomic E-state index is 12.1. The van der Waals surface area contributed by atoms with Gasteiger partial charge in [0, 0.05) is 0 Å². The summed E-state index contributed by atoms with van der Waals surface area (Å²) < 4.78 is 0. The maximum atomic E-state index is 12.1. The SMILES string of the molecule is Cc1cccc(N=C2NC(=O)C(=Cc3ccccc3C)S2)c1. The van der Waals surface area contributed by atoms with Gasteiger partial charge in [-0.3, -0.25) is 4.79 Å². The van der Waals surface area contributed by atoms with E-state index in [-0.39, 0.29) is 5.91 Å². The number of amidine groups is 1. The van der Waals surface area contributed by atoms with Gasteiger partial charge in [0.2, 0.25) is 0 Å². The lowest BCUT2D eigenvalue weighted by Gasteiger charge is -1.99. The zero-order valence-electron chi connectivity index (χ0n) is 12.5. The Balaban J connectivity index is 1.86. The van der Waals surface area contributed by atoms with Gasteiger partial charge in [-0.1, -0.05) is 36.4 Å². The number of aliphatic imine (C=N–C) groups is 1. The van der Waals surface area contributed by atoms with E-state index in [2.05, 4.69) is 10.3 Å². The minimum atomic E-state index is -0.0975. The van der Waals surface area contributed by atoms with Crippen LogP contribution in [0.5, 0.6) is 0 Å². The van der Waals surface area contributed by atoms with Crippen molar-refractivity contribution in [3.8, 4) is 0 Å². The van der Waals surface area contributed by atoms with E-state index in [1.807, 2.05) is 68.5 Å². The summed E-state index contributed by atoms with van der Waals surface area (Å²) in [6.45, 7) is 4.05. The molecule has 0 aliphatic carbocycles. The van der Waals surface area contributed by atoms with Crippen LogP contribution in [-0.4, -0.2) is 11.1 Å². The molecule has 0 unspecified atom stereocenters. The van der Waals surface area contributed by atoms with Crippen molar-refractivity contribution >= 4 is 34.6 Å². The number of aryl methyl sites for hydroxylation is 2. The Hall–Kier alpha value is -2.33. The van der Waals surface area contributed by atoms with Crippen LogP contribution in [0.25, 0.3) is 6.08 Å². The van der Waals surface area contributed by atoms with E-state index in [4.69, 9.17) is 0 Å². The van der Waals surface area contributed by atoms with E-state index >= 15 is 0 Å². The van der Waals surface area contributed by atoms with Crippen molar-refractivity contribution in [2.24, 2.45) is 4.99 Å². The highest BCUT2D eigenvalue weighted by Gasteiger charge is 2.23. The van der Waals surface area contributed by atoms with Crippen molar-refractivity contribution in [1.82, 2.24) is 5.32 Å². The zero-order chi connectivity index (χ0) is 15.5. The quantitative estimate of drug-likeness (QED) is 0.845. The van der Waals surface area contributed by atoms with Gasteiger partial charge in [-0.05, 0) is 60.5 Å². The molecule has 4 heteroatoms. The number of benzene rings is 2. The molecular weight excluding hydrogens is 292 g/mol. The van der Waals surface area contributed by atoms with Crippen molar-refractivity contribution in [3.05, 3.63) is 70.1 Å². The largest absolute Gasteiger partial charge is 0.300 e. The second-order valence-corrected chi connectivity index (χ2v) is 6.21. The van der Waals surface area contributed by atoms with E-state index in [1.165, 1.54) is 11.8 Å². The Labute approximate surface area is 134 Å². The molecule has 0 radical (unpaired) electrons. The fourth-order valence-electron chi connectivity index (χ4n) is 2.19. The van der Waals surface area contributed by atoms with E-state index in [9.17, 15) is 4.79 Å². The molecule has 1 N–H and O–H groups in total. The van der Waals surface area contributed by atoms with E-state index in [0.29, 0.717) is 10.1 Å². The van der Waals surface area contributed by atoms with Gasteiger partial charge in [0.1, 0.15) is 0 Å². The monoisotopic (exact) mass is 308 g/mol. The van der Waals surface area contributed by atoms with Crippen LogP contribution in [-0.2, 0) is 4.79 Å². The van der Waals surface area contributed by atoms with Crippen LogP contribution in [0.1, 0.15) is 16.7 Å². The highest BCUT2D eigenvalue weighted by atomic mass is 32.2. The number of nitrogens with zero attached hydrogens (tertiary/aromatic N) is 1. The normalized spacial score (nSPS) is 18.0. The Morgan fingerprint density at radius 2 is 1.91 bits per heavy atom. The highest BCUT2D eigenvalue weighted by molar-refractivity contribution is 8.18. The van der Waals surface area contributed by atoms with Crippen molar-refractivity contribution < 1.29 is 4.79 Å². The number of amides is 1. The molecule has 3 nitrogen and oxygen atoms in total. The Kier molecular flexibility index (Phi) is 4.11. The molecule has 110 valence electrons. The Bertz CT molecular complexity index is 793. The Morgan fingerprint density at radius 3 is 2.68 bits per heavy atom. The van der Waals surface area contributed by atoms with Crippen molar-refractivity contribution in [2.45, 2.75) is 13.8 Å². The van der Waals surface area contributed by atoms with Crippen LogP contribution in [0.3, 0.4) is 0 Å². The molecule has 1 fully saturated rings. The molecular formula is C18H16N2OS. The third kappa shape index (κ3) is 3.28. The molecule has 1 aliphatic rings. The van der Waals surface area contributed by atoms with Crippen LogP contribution >= 0.6 is 11.8 Å². The molecule has 3 rings (SSSR count). The van der Waals surface area contributed by atoms with Gasteiger partial charge in [-0.2, -0.15) is 0 Å². The molecule has 1 heterocycles. The summed E-state index contributed by atoms with van der Waals surface area (Å²) in [5.74, 6) is -0.0975. The van der Waals surface area contributed by atoms with Crippen molar-refractivity contribution in [3.63, 3.8) is 0 Å². The first-order valence-electron chi connectivity index (χ1n) is 7.04. The summed E-state index contributed by atoms with van der Waals surface area (Å²) in [6.07, 6.45) is 1.91. The molecule has 0 atom stereocenters. The molecule has 0 bridgehead atoms. The number of hydrogen-bond acceptors (Lipinski definition) is 3. The fourth-order valence-corrected chi connectivity index (χ4v) is 3.02. The molecule has 0 spiro atoms. The maximum Gasteiger partial charge on any atom is 0.264 e. The highest BCUT2D eigenvalue weighted by Crippen LogP contribution is 2.28. The summed E-state index contributed by atoms with van der Waals surface area (Å²) in [4.78, 5) is 17.2. The zero-order valence-corrected chi connectivity index (χ0v) is 13.3. The number of thioether (sulfide) groups is 1. The molecule has 1 saturated heterocycles. The predicted molar refractivity (Wildman–Crippen MR) is 93.2 cm³/mol. The average molecular weight is 308 g/mol. The molecule has 2 aromatic rings. The Morgan fingerprint density at radius 1 is 1.09 bits per heavy atom. The lowest BCUT2D eigenvalue weighted by atomic mass is 10.1. The van der Waals surface area contributed by atoms with Crippen molar-refractivity contribution in [2.75, 3.05) is 0 Å². The summed E-state index contributed by atoms with van der Waals surface area (Å²) in [6, 6.07) is 15.9. The fraction of sp³-hybridized carbons (Fsp3) is 0.111. The summed E-state index contributed by atoms with van der Waals surface area (Å²) in [7, 11) is 0. The summed E-state index contributed by atoms with van der Waals surface area (Å²) >= 11 is 1.37. The average Bonchev–Trinajstić information content (AvgIpc) is 2.81. The molecule has 22 heavy (non-hydrogen) atoms. The standard InChI is InChI=1S/C18H16N2OS/c1-12-6-5-9-15(10-12)19-18-20-17(21)16(22-18)11-14-8-4-3-7-13(14)2/h3-11H,1-2H3,(H,19,20,21). The van der Waals surface area contributed by atoms with Crippen LogP contribution in [0, 0.1) is 13.8 Å². The van der Waals surface area contributed by atoms with E-state index < -0.39 is 0 Å². The molecule has 1 amide bonds. The minimum Gasteiger partial charge on any atom is -0.300 e. The number of rotatable bonds is 2. The minimum absolute atomic E-state index is 0.0975. The van der Waals surface area contributed by atoms with E-state index in [1.54, 1.807) is 0 Å². The first-order chi connectivity index (χ1) is 10.6. The van der Waals surface area contributed by atoms with Crippen LogP contribution < -0.4 is 5.32 Å². The third-order valence-corrected chi connectivity index (χ3v) is 4.27. The number of carbonyl (C=O) groups is 1. The number of hydrogen-bond donors (Lipinski definition) is 1. The topological polar surface area (TPSA) is 41.5 Å². The lowest BCUT2D eigenvalue weighted by Crippen LogP contribution is -2.19. The number of nitrogens with one attached hydrogen (secondary N) is 1. The third-order valence-electron chi connectivity index (χ3n) is 3.36. The summed E-state index contributed by atoms with van der Waals surface area (Å²) in [5.41, 5.74) is 4.19. The van der Waals surface area contributed by atoms with Gasteiger partial charge in [-0.15, -0.1) is 0 Å². The second-order valence-electron chi connectivity index (χ2n) is 5.18. The second kappa shape index (κ2) is 6.20. The number of carbonyl (C=O) groups excluding carboxylic acids is 1. The summed E-state index contributed by atoms with van der Waals surface area (Å²) in [5, 5.41) is 3.44. The lowest BCUT2D eigenvalue weighted by molar-refractivity contribution is -0.115.